The van der Waals surface area contributed by atoms with E-state index in [1.165, 1.54) is 24.0 Å². The van der Waals surface area contributed by atoms with Crippen LogP contribution in [0.5, 0.6) is 0 Å². The average molecular weight is 518 g/mol. The van der Waals surface area contributed by atoms with Crippen molar-refractivity contribution in [1.29, 1.82) is 0 Å². The molecule has 0 saturated carbocycles. The van der Waals surface area contributed by atoms with Gasteiger partial charge in [0.15, 0.2) is 11.0 Å². The Morgan fingerprint density at radius 2 is 1.89 bits per heavy atom. The molecular weight excluding hydrogens is 499 g/mol. The minimum atomic E-state index is -4.42. The van der Waals surface area contributed by atoms with Crippen LogP contribution in [0.15, 0.2) is 78.1 Å². The Morgan fingerprint density at radius 3 is 2.60 bits per heavy atom. The summed E-state index contributed by atoms with van der Waals surface area (Å²) in [7, 11) is 0. The molecule has 0 aliphatic heterocycles. The van der Waals surface area contributed by atoms with E-state index in [4.69, 9.17) is 11.6 Å². The van der Waals surface area contributed by atoms with Crippen LogP contribution in [0.2, 0.25) is 5.02 Å². The van der Waals surface area contributed by atoms with Crippen LogP contribution in [0, 0.1) is 0 Å². The Labute approximate surface area is 208 Å². The summed E-state index contributed by atoms with van der Waals surface area (Å²) < 4.78 is 41.0. The highest BCUT2D eigenvalue weighted by molar-refractivity contribution is 7.98. The minimum Gasteiger partial charge on any atom is -0.341 e. The number of aromatic nitrogens is 4. The van der Waals surface area contributed by atoms with E-state index in [0.717, 1.165) is 12.1 Å². The number of halogens is 4. The molecule has 2 aromatic carbocycles. The Bertz CT molecular complexity index is 1330. The molecular formula is C24H19ClF3N5OS. The molecule has 2 heterocycles. The summed E-state index contributed by atoms with van der Waals surface area (Å²) in [5, 5.41) is 12.3. The number of carbonyl (C=O) groups is 1. The van der Waals surface area contributed by atoms with Crippen molar-refractivity contribution >= 4 is 29.3 Å². The third-order valence-corrected chi connectivity index (χ3v) is 6.21. The highest BCUT2D eigenvalue weighted by Crippen LogP contribution is 2.32. The molecule has 180 valence electrons. The second-order valence-electron chi connectivity index (χ2n) is 7.55. The summed E-state index contributed by atoms with van der Waals surface area (Å²) in [6, 6.07) is 16.6. The maximum Gasteiger partial charge on any atom is 0.416 e. The Hall–Kier alpha value is -3.37. The fraction of sp³-hybridized carbons (Fsp3) is 0.167. The molecule has 0 bridgehead atoms. The second-order valence-corrected chi connectivity index (χ2v) is 8.93. The van der Waals surface area contributed by atoms with E-state index in [1.54, 1.807) is 60.0 Å². The summed E-state index contributed by atoms with van der Waals surface area (Å²) in [5.41, 5.74) is 0.692. The van der Waals surface area contributed by atoms with Crippen LogP contribution in [0.1, 0.15) is 40.4 Å². The van der Waals surface area contributed by atoms with Crippen molar-refractivity contribution in [2.75, 3.05) is 0 Å². The van der Waals surface area contributed by atoms with Crippen LogP contribution in [0.4, 0.5) is 13.2 Å². The third kappa shape index (κ3) is 6.01. The largest absolute Gasteiger partial charge is 0.416 e. The normalized spacial score (nSPS) is 12.4. The van der Waals surface area contributed by atoms with Crippen LogP contribution in [-0.4, -0.2) is 25.7 Å². The van der Waals surface area contributed by atoms with Crippen molar-refractivity contribution in [3.05, 3.63) is 101 Å². The van der Waals surface area contributed by atoms with E-state index in [1.807, 2.05) is 0 Å². The van der Waals surface area contributed by atoms with E-state index >= 15 is 0 Å². The maximum atomic E-state index is 13.1. The van der Waals surface area contributed by atoms with Gasteiger partial charge < -0.3 is 5.32 Å². The summed E-state index contributed by atoms with van der Waals surface area (Å²) in [4.78, 5) is 16.7. The van der Waals surface area contributed by atoms with Gasteiger partial charge in [0.05, 0.1) is 17.3 Å². The first-order chi connectivity index (χ1) is 16.7. The van der Waals surface area contributed by atoms with Gasteiger partial charge >= 0.3 is 6.18 Å². The maximum absolute atomic E-state index is 13.1. The Kier molecular flexibility index (Phi) is 7.42. The summed E-state index contributed by atoms with van der Waals surface area (Å²) in [5.74, 6) is 0.289. The number of nitrogens with zero attached hydrogens (tertiary/aromatic N) is 4. The van der Waals surface area contributed by atoms with Crippen LogP contribution >= 0.6 is 23.4 Å². The van der Waals surface area contributed by atoms with Gasteiger partial charge in [-0.3, -0.25) is 14.3 Å². The molecule has 4 rings (SSSR count). The molecule has 0 aliphatic rings. The fourth-order valence-corrected chi connectivity index (χ4v) is 4.42. The lowest BCUT2D eigenvalue weighted by atomic mass is 10.1. The van der Waals surface area contributed by atoms with Crippen molar-refractivity contribution in [3.63, 3.8) is 0 Å². The van der Waals surface area contributed by atoms with Crippen molar-refractivity contribution in [3.8, 4) is 5.69 Å². The van der Waals surface area contributed by atoms with Crippen molar-refractivity contribution < 1.29 is 18.0 Å². The zero-order valence-electron chi connectivity index (χ0n) is 18.3. The number of hydrogen-bond acceptors (Lipinski definition) is 5. The molecule has 1 amide bonds. The molecule has 2 aromatic heterocycles. The number of nitrogens with one attached hydrogen (secondary N) is 1. The lowest BCUT2D eigenvalue weighted by Crippen LogP contribution is -2.29. The number of benzene rings is 2. The van der Waals surface area contributed by atoms with Gasteiger partial charge in [0, 0.05) is 17.0 Å². The monoisotopic (exact) mass is 517 g/mol. The summed E-state index contributed by atoms with van der Waals surface area (Å²) >= 11 is 7.43. The van der Waals surface area contributed by atoms with Crippen LogP contribution in [0.3, 0.4) is 0 Å². The SMILES string of the molecule is C[C@@H](NC(=O)c1ccccn1)c1nnc(SCc2cccc(C(F)(F)F)c2)n1-c1cccc(Cl)c1. The number of hydrogen-bond donors (Lipinski definition) is 1. The number of carbonyl (C=O) groups excluding carboxylic acids is 1. The molecule has 0 fully saturated rings. The molecule has 0 saturated heterocycles. The number of thioether (sulfide) groups is 1. The van der Waals surface area contributed by atoms with E-state index in [-0.39, 0.29) is 17.4 Å². The predicted molar refractivity (Wildman–Crippen MR) is 127 cm³/mol. The van der Waals surface area contributed by atoms with Gasteiger partial charge in [0.25, 0.3) is 5.91 Å². The second kappa shape index (κ2) is 10.5. The van der Waals surface area contributed by atoms with Gasteiger partial charge in [-0.05, 0) is 48.9 Å². The molecule has 0 spiro atoms. The standard InChI is InChI=1S/C24H19ClF3N5OS/c1-15(30-22(34)20-10-2-3-11-29-20)21-31-32-23(33(21)19-9-5-8-18(25)13-19)35-14-16-6-4-7-17(12-16)24(26,27)28/h2-13,15H,14H2,1H3,(H,30,34)/t15-/m1/s1. The lowest BCUT2D eigenvalue weighted by molar-refractivity contribution is -0.137. The molecule has 0 radical (unpaired) electrons. The van der Waals surface area contributed by atoms with Crippen molar-refractivity contribution in [2.24, 2.45) is 0 Å². The first kappa shape index (κ1) is 24.7. The van der Waals surface area contributed by atoms with Gasteiger partial charge in [-0.25, -0.2) is 0 Å². The quantitative estimate of drug-likeness (QED) is 0.299. The number of alkyl halides is 3. The van der Waals surface area contributed by atoms with Gasteiger partial charge in [-0.1, -0.05) is 53.7 Å². The van der Waals surface area contributed by atoms with Gasteiger partial charge in [0.1, 0.15) is 5.69 Å². The zero-order valence-corrected chi connectivity index (χ0v) is 19.9. The van der Waals surface area contributed by atoms with E-state index in [2.05, 4.69) is 20.5 Å². The molecule has 0 unspecified atom stereocenters. The Morgan fingerprint density at radius 1 is 1.09 bits per heavy atom. The highest BCUT2D eigenvalue weighted by atomic mass is 35.5. The molecule has 4 aromatic rings. The topological polar surface area (TPSA) is 72.7 Å². The third-order valence-electron chi connectivity index (χ3n) is 4.98. The molecule has 35 heavy (non-hydrogen) atoms. The predicted octanol–water partition coefficient (Wildman–Crippen LogP) is 6.12. The highest BCUT2D eigenvalue weighted by Gasteiger charge is 2.30. The number of rotatable bonds is 7. The molecule has 1 N–H and O–H groups in total. The van der Waals surface area contributed by atoms with Crippen molar-refractivity contribution in [2.45, 2.75) is 30.1 Å². The smallest absolute Gasteiger partial charge is 0.341 e. The summed E-state index contributed by atoms with van der Waals surface area (Å²) in [6.45, 7) is 1.76. The minimum absolute atomic E-state index is 0.233. The summed E-state index contributed by atoms with van der Waals surface area (Å²) in [6.07, 6.45) is -2.90. The molecule has 6 nitrogen and oxygen atoms in total. The van der Waals surface area contributed by atoms with Gasteiger partial charge in [-0.2, -0.15) is 13.2 Å². The first-order valence-corrected chi connectivity index (χ1v) is 11.8. The number of pyridine rings is 1. The molecule has 1 atom stereocenters. The molecule has 11 heteroatoms. The molecule has 0 aliphatic carbocycles. The Balaban J connectivity index is 1.62. The van der Waals surface area contributed by atoms with Crippen LogP contribution < -0.4 is 5.32 Å². The van der Waals surface area contributed by atoms with Crippen molar-refractivity contribution in [1.82, 2.24) is 25.1 Å². The van der Waals surface area contributed by atoms with Crippen LogP contribution in [-0.2, 0) is 11.9 Å². The first-order valence-electron chi connectivity index (χ1n) is 10.4. The van der Waals surface area contributed by atoms with E-state index in [0.29, 0.717) is 27.3 Å². The average Bonchev–Trinajstić information content (AvgIpc) is 3.27. The van der Waals surface area contributed by atoms with Crippen LogP contribution in [0.25, 0.3) is 5.69 Å². The van der Waals surface area contributed by atoms with Gasteiger partial charge in [-0.15, -0.1) is 10.2 Å². The van der Waals surface area contributed by atoms with E-state index < -0.39 is 17.8 Å². The van der Waals surface area contributed by atoms with E-state index in [9.17, 15) is 18.0 Å². The van der Waals surface area contributed by atoms with Gasteiger partial charge in [0.2, 0.25) is 0 Å². The lowest BCUT2D eigenvalue weighted by Gasteiger charge is -2.16. The fourth-order valence-electron chi connectivity index (χ4n) is 3.33. The number of amides is 1. The zero-order chi connectivity index (χ0) is 25.0.